The number of anilines is 1. The van der Waals surface area contributed by atoms with Crippen LogP contribution in [0.3, 0.4) is 0 Å². The third kappa shape index (κ3) is 3.12. The SMILES string of the molecule is O=c1[nH]cc(CNc2ccnc(-c3ccccc3)n2)c2ccccc12. The number of nitrogens with one attached hydrogen (secondary N) is 2. The molecule has 4 rings (SSSR count). The summed E-state index contributed by atoms with van der Waals surface area (Å²) in [4.78, 5) is 23.6. The van der Waals surface area contributed by atoms with Crippen LogP contribution in [-0.4, -0.2) is 15.0 Å². The molecule has 122 valence electrons. The molecule has 2 N–H and O–H groups in total. The highest BCUT2D eigenvalue weighted by Crippen LogP contribution is 2.18. The quantitative estimate of drug-likeness (QED) is 0.600. The number of nitrogens with zero attached hydrogens (tertiary/aromatic N) is 2. The standard InChI is InChI=1S/C20H16N4O/c25-20-17-9-5-4-8-16(17)15(13-23-20)12-22-18-10-11-21-19(24-18)14-6-2-1-3-7-14/h1-11,13H,12H2,(H,23,25)(H,21,22,24). The van der Waals surface area contributed by atoms with E-state index < -0.39 is 0 Å². The molecule has 2 aromatic carbocycles. The second-order valence-electron chi connectivity index (χ2n) is 5.67. The predicted molar refractivity (Wildman–Crippen MR) is 99.4 cm³/mol. The molecular formula is C20H16N4O. The molecule has 2 aromatic heterocycles. The summed E-state index contributed by atoms with van der Waals surface area (Å²) in [6.45, 7) is 0.558. The molecule has 0 unspecified atom stereocenters. The van der Waals surface area contributed by atoms with E-state index in [4.69, 9.17) is 0 Å². The average Bonchev–Trinajstić information content (AvgIpc) is 2.69. The highest BCUT2D eigenvalue weighted by Gasteiger charge is 2.06. The zero-order valence-electron chi connectivity index (χ0n) is 13.4. The third-order valence-electron chi connectivity index (χ3n) is 4.04. The van der Waals surface area contributed by atoms with Gasteiger partial charge in [-0.05, 0) is 23.1 Å². The van der Waals surface area contributed by atoms with Gasteiger partial charge < -0.3 is 10.3 Å². The highest BCUT2D eigenvalue weighted by molar-refractivity contribution is 5.84. The molecule has 5 heteroatoms. The fourth-order valence-electron chi connectivity index (χ4n) is 2.78. The van der Waals surface area contributed by atoms with Crippen LogP contribution >= 0.6 is 0 Å². The first-order valence-electron chi connectivity index (χ1n) is 8.03. The second kappa shape index (κ2) is 6.57. The van der Waals surface area contributed by atoms with Crippen molar-refractivity contribution in [3.63, 3.8) is 0 Å². The molecule has 0 fully saturated rings. The van der Waals surface area contributed by atoms with E-state index in [1.54, 1.807) is 12.4 Å². The van der Waals surface area contributed by atoms with Gasteiger partial charge in [0.1, 0.15) is 5.82 Å². The number of aromatic amines is 1. The highest BCUT2D eigenvalue weighted by atomic mass is 16.1. The lowest BCUT2D eigenvalue weighted by atomic mass is 10.1. The Morgan fingerprint density at radius 2 is 1.68 bits per heavy atom. The van der Waals surface area contributed by atoms with Gasteiger partial charge in [0.15, 0.2) is 5.82 Å². The van der Waals surface area contributed by atoms with Crippen LogP contribution < -0.4 is 10.9 Å². The zero-order chi connectivity index (χ0) is 17.1. The van der Waals surface area contributed by atoms with Gasteiger partial charge in [-0.1, -0.05) is 48.5 Å². The van der Waals surface area contributed by atoms with E-state index in [2.05, 4.69) is 20.3 Å². The summed E-state index contributed by atoms with van der Waals surface area (Å²) in [7, 11) is 0. The van der Waals surface area contributed by atoms with Crippen LogP contribution in [0.25, 0.3) is 22.2 Å². The number of hydrogen-bond donors (Lipinski definition) is 2. The van der Waals surface area contributed by atoms with Crippen LogP contribution in [0.15, 0.2) is 77.9 Å². The van der Waals surface area contributed by atoms with Crippen molar-refractivity contribution < 1.29 is 0 Å². The van der Waals surface area contributed by atoms with Gasteiger partial charge in [0.05, 0.1) is 0 Å². The smallest absolute Gasteiger partial charge is 0.255 e. The largest absolute Gasteiger partial charge is 0.366 e. The first-order chi connectivity index (χ1) is 12.3. The van der Waals surface area contributed by atoms with Crippen molar-refractivity contribution in [1.82, 2.24) is 15.0 Å². The van der Waals surface area contributed by atoms with Gasteiger partial charge in [0.2, 0.25) is 0 Å². The maximum atomic E-state index is 11.9. The molecule has 5 nitrogen and oxygen atoms in total. The van der Waals surface area contributed by atoms with Crippen LogP contribution in [0.1, 0.15) is 5.56 Å². The van der Waals surface area contributed by atoms with E-state index in [9.17, 15) is 4.79 Å². The summed E-state index contributed by atoms with van der Waals surface area (Å²) >= 11 is 0. The Kier molecular flexibility index (Phi) is 3.96. The van der Waals surface area contributed by atoms with Gasteiger partial charge in [-0.25, -0.2) is 9.97 Å². The van der Waals surface area contributed by atoms with E-state index in [0.717, 1.165) is 22.3 Å². The first kappa shape index (κ1) is 15.1. The minimum Gasteiger partial charge on any atom is -0.366 e. The molecule has 0 saturated heterocycles. The molecule has 0 saturated carbocycles. The fourth-order valence-corrected chi connectivity index (χ4v) is 2.78. The van der Waals surface area contributed by atoms with Crippen molar-refractivity contribution in [1.29, 1.82) is 0 Å². The van der Waals surface area contributed by atoms with Crippen molar-refractivity contribution in [2.24, 2.45) is 0 Å². The summed E-state index contributed by atoms with van der Waals surface area (Å²) in [5.41, 5.74) is 1.91. The van der Waals surface area contributed by atoms with E-state index in [1.165, 1.54) is 0 Å². The molecule has 0 aliphatic heterocycles. The summed E-state index contributed by atoms with van der Waals surface area (Å²) < 4.78 is 0. The number of aromatic nitrogens is 3. The molecular weight excluding hydrogens is 312 g/mol. The lowest BCUT2D eigenvalue weighted by Crippen LogP contribution is -2.10. The summed E-state index contributed by atoms with van der Waals surface area (Å²) in [6.07, 6.45) is 3.49. The maximum absolute atomic E-state index is 11.9. The molecule has 0 bridgehead atoms. The average molecular weight is 328 g/mol. The van der Waals surface area contributed by atoms with Gasteiger partial charge in [0, 0.05) is 29.9 Å². The minimum absolute atomic E-state index is 0.0762. The Morgan fingerprint density at radius 1 is 0.920 bits per heavy atom. The molecule has 0 radical (unpaired) electrons. The molecule has 0 amide bonds. The number of rotatable bonds is 4. The Balaban J connectivity index is 1.61. The molecule has 0 atom stereocenters. The summed E-state index contributed by atoms with van der Waals surface area (Å²) in [5.74, 6) is 1.42. The van der Waals surface area contributed by atoms with Gasteiger partial charge >= 0.3 is 0 Å². The van der Waals surface area contributed by atoms with Crippen LogP contribution in [0.5, 0.6) is 0 Å². The van der Waals surface area contributed by atoms with E-state index in [0.29, 0.717) is 17.8 Å². The molecule has 25 heavy (non-hydrogen) atoms. The number of H-pyrrole nitrogens is 1. The third-order valence-corrected chi connectivity index (χ3v) is 4.04. The summed E-state index contributed by atoms with van der Waals surface area (Å²) in [6, 6.07) is 19.3. The van der Waals surface area contributed by atoms with E-state index in [1.807, 2.05) is 60.7 Å². The number of fused-ring (bicyclic) bond motifs is 1. The van der Waals surface area contributed by atoms with Gasteiger partial charge in [0.25, 0.3) is 5.56 Å². The number of benzene rings is 2. The van der Waals surface area contributed by atoms with Crippen LogP contribution in [0, 0.1) is 0 Å². The van der Waals surface area contributed by atoms with Crippen molar-refractivity contribution in [3.8, 4) is 11.4 Å². The van der Waals surface area contributed by atoms with E-state index in [-0.39, 0.29) is 5.56 Å². The lowest BCUT2D eigenvalue weighted by Gasteiger charge is -2.09. The minimum atomic E-state index is -0.0762. The number of pyridine rings is 1. The fraction of sp³-hybridized carbons (Fsp3) is 0.0500. The topological polar surface area (TPSA) is 70.7 Å². The Labute approximate surface area is 144 Å². The number of hydrogen-bond acceptors (Lipinski definition) is 4. The second-order valence-corrected chi connectivity index (χ2v) is 5.67. The molecule has 0 aliphatic rings. The van der Waals surface area contributed by atoms with Crippen LogP contribution in [0.2, 0.25) is 0 Å². The van der Waals surface area contributed by atoms with Crippen LogP contribution in [-0.2, 0) is 6.54 Å². The Morgan fingerprint density at radius 3 is 2.52 bits per heavy atom. The summed E-state index contributed by atoms with van der Waals surface area (Å²) in [5, 5.41) is 4.94. The zero-order valence-corrected chi connectivity index (χ0v) is 13.4. The Hall–Kier alpha value is -3.47. The molecule has 0 aliphatic carbocycles. The lowest BCUT2D eigenvalue weighted by molar-refractivity contribution is 1.08. The molecule has 4 aromatic rings. The van der Waals surface area contributed by atoms with E-state index >= 15 is 0 Å². The van der Waals surface area contributed by atoms with Gasteiger partial charge in [-0.2, -0.15) is 0 Å². The van der Waals surface area contributed by atoms with Gasteiger partial charge in [-0.3, -0.25) is 4.79 Å². The van der Waals surface area contributed by atoms with Gasteiger partial charge in [-0.15, -0.1) is 0 Å². The first-order valence-corrected chi connectivity index (χ1v) is 8.03. The molecule has 2 heterocycles. The molecule has 0 spiro atoms. The van der Waals surface area contributed by atoms with Crippen molar-refractivity contribution in [3.05, 3.63) is 89.0 Å². The van der Waals surface area contributed by atoms with Crippen molar-refractivity contribution in [2.75, 3.05) is 5.32 Å². The monoisotopic (exact) mass is 328 g/mol. The van der Waals surface area contributed by atoms with Crippen molar-refractivity contribution in [2.45, 2.75) is 6.54 Å². The van der Waals surface area contributed by atoms with Crippen LogP contribution in [0.4, 0.5) is 5.82 Å². The Bertz CT molecular complexity index is 1070. The normalized spacial score (nSPS) is 10.7. The predicted octanol–water partition coefficient (Wildman–Crippen LogP) is 3.60. The van der Waals surface area contributed by atoms with Crippen molar-refractivity contribution >= 4 is 16.6 Å². The maximum Gasteiger partial charge on any atom is 0.255 e.